The second-order valence-corrected chi connectivity index (χ2v) is 4.82. The number of hydrogen-bond donors (Lipinski definition) is 1. The average Bonchev–Trinajstić information content (AvgIpc) is 2.46. The fourth-order valence-electron chi connectivity index (χ4n) is 2.25. The van der Waals surface area contributed by atoms with Gasteiger partial charge in [0.15, 0.2) is 0 Å². The summed E-state index contributed by atoms with van der Waals surface area (Å²) in [4.78, 5) is 28.3. The van der Waals surface area contributed by atoms with Crippen LogP contribution in [-0.2, 0) is 20.7 Å². The summed E-state index contributed by atoms with van der Waals surface area (Å²) < 4.78 is 5.24. The van der Waals surface area contributed by atoms with E-state index in [4.69, 9.17) is 9.84 Å². The van der Waals surface area contributed by atoms with Crippen LogP contribution in [0.4, 0.5) is 0 Å². The lowest BCUT2D eigenvalue weighted by atomic mass is 10.1. The molecule has 1 N–H and O–H groups in total. The minimum Gasteiger partial charge on any atom is -0.480 e. The molecule has 1 aliphatic rings. The lowest BCUT2D eigenvalue weighted by Gasteiger charge is -2.31. The third-order valence-electron chi connectivity index (χ3n) is 3.34. The van der Waals surface area contributed by atoms with Crippen LogP contribution < -0.4 is 0 Å². The zero-order chi connectivity index (χ0) is 14.4. The molecular weight excluding hydrogens is 260 g/mol. The Hall–Kier alpha value is -1.95. The molecule has 1 saturated heterocycles. The number of carboxylic acids is 1. The van der Waals surface area contributed by atoms with Crippen molar-refractivity contribution in [1.29, 1.82) is 0 Å². The molecule has 0 aromatic carbocycles. The molecule has 20 heavy (non-hydrogen) atoms. The summed E-state index contributed by atoms with van der Waals surface area (Å²) in [5, 5.41) is 8.55. The Morgan fingerprint density at radius 2 is 1.95 bits per heavy atom. The molecule has 0 spiro atoms. The molecule has 0 saturated carbocycles. The van der Waals surface area contributed by atoms with Gasteiger partial charge in [0.05, 0.1) is 12.5 Å². The predicted molar refractivity (Wildman–Crippen MR) is 71.1 cm³/mol. The molecule has 0 bridgehead atoms. The van der Waals surface area contributed by atoms with Gasteiger partial charge in [-0.05, 0) is 30.5 Å². The van der Waals surface area contributed by atoms with E-state index in [9.17, 15) is 9.59 Å². The van der Waals surface area contributed by atoms with Gasteiger partial charge in [-0.1, -0.05) is 0 Å². The van der Waals surface area contributed by atoms with Gasteiger partial charge in [-0.3, -0.25) is 9.78 Å². The number of amides is 1. The molecule has 1 aliphatic heterocycles. The summed E-state index contributed by atoms with van der Waals surface area (Å²) >= 11 is 0. The van der Waals surface area contributed by atoms with Gasteiger partial charge in [-0.15, -0.1) is 0 Å². The van der Waals surface area contributed by atoms with E-state index in [1.54, 1.807) is 17.3 Å². The van der Waals surface area contributed by atoms with Crippen LogP contribution in [0.5, 0.6) is 0 Å². The summed E-state index contributed by atoms with van der Waals surface area (Å²) in [6.07, 6.45) is 5.05. The summed E-state index contributed by atoms with van der Waals surface area (Å²) in [5.41, 5.74) is 0.953. The van der Waals surface area contributed by atoms with Gasteiger partial charge in [-0.25, -0.2) is 4.79 Å². The summed E-state index contributed by atoms with van der Waals surface area (Å²) in [7, 11) is 0. The lowest BCUT2D eigenvalue weighted by molar-refractivity contribution is -0.146. The summed E-state index contributed by atoms with van der Waals surface area (Å²) in [6.45, 7) is 0.970. The van der Waals surface area contributed by atoms with Crippen LogP contribution in [0, 0.1) is 0 Å². The molecule has 1 aromatic rings. The van der Waals surface area contributed by atoms with E-state index in [0.717, 1.165) is 5.56 Å². The molecule has 0 atom stereocenters. The predicted octanol–water partition coefficient (Wildman–Crippen LogP) is 0.716. The van der Waals surface area contributed by atoms with Gasteiger partial charge in [0.25, 0.3) is 0 Å². The zero-order valence-corrected chi connectivity index (χ0v) is 11.2. The van der Waals surface area contributed by atoms with Gasteiger partial charge < -0.3 is 14.7 Å². The number of ether oxygens (including phenoxy) is 1. The number of aromatic nitrogens is 1. The Balaban J connectivity index is 1.76. The second-order valence-electron chi connectivity index (χ2n) is 4.82. The SMILES string of the molecule is O=C(O)COC1CCN(C(=O)Cc2ccncc2)CC1. The largest absolute Gasteiger partial charge is 0.480 e. The van der Waals surface area contributed by atoms with Crippen molar-refractivity contribution in [1.82, 2.24) is 9.88 Å². The molecule has 6 nitrogen and oxygen atoms in total. The minimum atomic E-state index is -0.957. The quantitative estimate of drug-likeness (QED) is 0.858. The molecule has 1 fully saturated rings. The molecule has 2 rings (SSSR count). The van der Waals surface area contributed by atoms with Crippen molar-refractivity contribution in [2.45, 2.75) is 25.4 Å². The van der Waals surface area contributed by atoms with Gasteiger partial charge in [0.2, 0.25) is 5.91 Å². The van der Waals surface area contributed by atoms with Gasteiger partial charge >= 0.3 is 5.97 Å². The third-order valence-corrected chi connectivity index (χ3v) is 3.34. The number of aliphatic carboxylic acids is 1. The van der Waals surface area contributed by atoms with Crippen LogP contribution in [-0.4, -0.2) is 52.7 Å². The monoisotopic (exact) mass is 278 g/mol. The molecule has 6 heteroatoms. The standard InChI is InChI=1S/C14H18N2O4/c17-13(9-11-1-5-15-6-2-11)16-7-3-12(4-8-16)20-10-14(18)19/h1-2,5-6,12H,3-4,7-10H2,(H,18,19). The van der Waals surface area contributed by atoms with Gasteiger partial charge in [-0.2, -0.15) is 0 Å². The van der Waals surface area contributed by atoms with E-state index in [-0.39, 0.29) is 18.6 Å². The number of carbonyl (C=O) groups is 2. The number of rotatable bonds is 5. The lowest BCUT2D eigenvalue weighted by Crippen LogP contribution is -2.41. The highest BCUT2D eigenvalue weighted by Gasteiger charge is 2.23. The van der Waals surface area contributed by atoms with Crippen LogP contribution in [0.3, 0.4) is 0 Å². The molecule has 1 aromatic heterocycles. The first-order valence-corrected chi connectivity index (χ1v) is 6.65. The van der Waals surface area contributed by atoms with E-state index in [1.807, 2.05) is 12.1 Å². The fourth-order valence-corrected chi connectivity index (χ4v) is 2.25. The Morgan fingerprint density at radius 1 is 1.30 bits per heavy atom. The van der Waals surface area contributed by atoms with Gasteiger partial charge in [0.1, 0.15) is 6.61 Å². The highest BCUT2D eigenvalue weighted by Crippen LogP contribution is 2.15. The number of piperidine rings is 1. The van der Waals surface area contributed by atoms with E-state index in [2.05, 4.69) is 4.98 Å². The van der Waals surface area contributed by atoms with Crippen LogP contribution in [0.2, 0.25) is 0 Å². The third kappa shape index (κ3) is 4.31. The van der Waals surface area contributed by atoms with Crippen LogP contribution in [0.15, 0.2) is 24.5 Å². The Labute approximate surface area is 117 Å². The first-order valence-electron chi connectivity index (χ1n) is 6.65. The average molecular weight is 278 g/mol. The number of hydrogen-bond acceptors (Lipinski definition) is 4. The Bertz CT molecular complexity index is 456. The van der Waals surface area contributed by atoms with E-state index >= 15 is 0 Å². The maximum Gasteiger partial charge on any atom is 0.329 e. The number of carboxylic acid groups (broad SMARTS) is 1. The van der Waals surface area contributed by atoms with E-state index < -0.39 is 5.97 Å². The smallest absolute Gasteiger partial charge is 0.329 e. The topological polar surface area (TPSA) is 79.7 Å². The van der Waals surface area contributed by atoms with Crippen molar-refractivity contribution in [3.8, 4) is 0 Å². The summed E-state index contributed by atoms with van der Waals surface area (Å²) in [5.74, 6) is -0.867. The van der Waals surface area contributed by atoms with Crippen LogP contribution >= 0.6 is 0 Å². The number of pyridine rings is 1. The van der Waals surface area contributed by atoms with E-state index in [0.29, 0.717) is 32.4 Å². The molecular formula is C14H18N2O4. The first kappa shape index (κ1) is 14.5. The maximum atomic E-state index is 12.1. The summed E-state index contributed by atoms with van der Waals surface area (Å²) in [6, 6.07) is 3.67. The highest BCUT2D eigenvalue weighted by molar-refractivity contribution is 5.78. The van der Waals surface area contributed by atoms with Gasteiger partial charge in [0, 0.05) is 25.5 Å². The number of nitrogens with zero attached hydrogens (tertiary/aromatic N) is 2. The zero-order valence-electron chi connectivity index (χ0n) is 11.2. The number of carbonyl (C=O) groups excluding carboxylic acids is 1. The Morgan fingerprint density at radius 3 is 2.55 bits per heavy atom. The van der Waals surface area contributed by atoms with Crippen molar-refractivity contribution in [3.63, 3.8) is 0 Å². The molecule has 108 valence electrons. The second kappa shape index (κ2) is 7.00. The van der Waals surface area contributed by atoms with Crippen LogP contribution in [0.1, 0.15) is 18.4 Å². The van der Waals surface area contributed by atoms with Crippen LogP contribution in [0.25, 0.3) is 0 Å². The fraction of sp³-hybridized carbons (Fsp3) is 0.500. The maximum absolute atomic E-state index is 12.1. The Kier molecular flexibility index (Phi) is 5.06. The minimum absolute atomic E-state index is 0.0592. The van der Waals surface area contributed by atoms with Crippen molar-refractivity contribution in [2.75, 3.05) is 19.7 Å². The molecule has 1 amide bonds. The number of likely N-dealkylation sites (tertiary alicyclic amines) is 1. The van der Waals surface area contributed by atoms with Crippen molar-refractivity contribution >= 4 is 11.9 Å². The van der Waals surface area contributed by atoms with Crippen molar-refractivity contribution in [3.05, 3.63) is 30.1 Å². The highest BCUT2D eigenvalue weighted by atomic mass is 16.5. The molecule has 0 unspecified atom stereocenters. The first-order chi connectivity index (χ1) is 9.65. The molecule has 0 aliphatic carbocycles. The molecule has 2 heterocycles. The normalized spacial score (nSPS) is 16.1. The molecule has 0 radical (unpaired) electrons. The van der Waals surface area contributed by atoms with Crippen molar-refractivity contribution in [2.24, 2.45) is 0 Å². The van der Waals surface area contributed by atoms with E-state index in [1.165, 1.54) is 0 Å². The van der Waals surface area contributed by atoms with Crippen molar-refractivity contribution < 1.29 is 19.4 Å².